The van der Waals surface area contributed by atoms with E-state index in [1.165, 1.54) is 5.56 Å². The van der Waals surface area contributed by atoms with E-state index in [1.54, 1.807) is 0 Å². The van der Waals surface area contributed by atoms with Crippen LogP contribution < -0.4 is 0 Å². The summed E-state index contributed by atoms with van der Waals surface area (Å²) < 4.78 is 1.08. The molecule has 0 radical (unpaired) electrons. The SMILES string of the molecule is CCC(c1ccc(Br)cc1)C(O)C(C)C. The minimum absolute atomic E-state index is 0.248. The number of hydrogen-bond acceptors (Lipinski definition) is 1. The highest BCUT2D eigenvalue weighted by atomic mass is 79.9. The van der Waals surface area contributed by atoms with Gasteiger partial charge in [0.05, 0.1) is 6.10 Å². The molecule has 1 nitrogen and oxygen atoms in total. The van der Waals surface area contributed by atoms with Crippen molar-refractivity contribution in [2.24, 2.45) is 5.92 Å². The van der Waals surface area contributed by atoms with Crippen molar-refractivity contribution in [3.63, 3.8) is 0 Å². The molecule has 15 heavy (non-hydrogen) atoms. The lowest BCUT2D eigenvalue weighted by molar-refractivity contribution is 0.0943. The molecule has 0 saturated carbocycles. The predicted octanol–water partition coefficient (Wildman–Crippen LogP) is 3.96. The molecule has 1 aromatic carbocycles. The summed E-state index contributed by atoms with van der Waals surface area (Å²) in [6.45, 7) is 6.25. The average molecular weight is 271 g/mol. The minimum Gasteiger partial charge on any atom is -0.392 e. The summed E-state index contributed by atoms with van der Waals surface area (Å²) in [6.07, 6.45) is 0.720. The topological polar surface area (TPSA) is 20.2 Å². The number of hydrogen-bond donors (Lipinski definition) is 1. The third-order valence-corrected chi connectivity index (χ3v) is 3.36. The number of aliphatic hydroxyl groups is 1. The van der Waals surface area contributed by atoms with E-state index < -0.39 is 0 Å². The van der Waals surface area contributed by atoms with Crippen molar-refractivity contribution >= 4 is 15.9 Å². The van der Waals surface area contributed by atoms with Crippen LogP contribution in [0.4, 0.5) is 0 Å². The lowest BCUT2D eigenvalue weighted by Crippen LogP contribution is -2.23. The van der Waals surface area contributed by atoms with Gasteiger partial charge in [0.25, 0.3) is 0 Å². The quantitative estimate of drug-likeness (QED) is 0.878. The van der Waals surface area contributed by atoms with Gasteiger partial charge in [-0.2, -0.15) is 0 Å². The second-order valence-corrected chi connectivity index (χ2v) is 5.22. The lowest BCUT2D eigenvalue weighted by atomic mass is 9.85. The fourth-order valence-corrected chi connectivity index (χ4v) is 2.11. The van der Waals surface area contributed by atoms with E-state index in [1.807, 2.05) is 12.1 Å². The molecule has 0 aliphatic rings. The van der Waals surface area contributed by atoms with Crippen LogP contribution in [-0.2, 0) is 0 Å². The molecule has 1 rings (SSSR count). The van der Waals surface area contributed by atoms with E-state index in [9.17, 15) is 5.11 Å². The maximum absolute atomic E-state index is 10.1. The van der Waals surface area contributed by atoms with Gasteiger partial charge in [-0.3, -0.25) is 0 Å². The highest BCUT2D eigenvalue weighted by Crippen LogP contribution is 2.28. The third kappa shape index (κ3) is 3.32. The first kappa shape index (κ1) is 12.7. The molecule has 2 unspecified atom stereocenters. The van der Waals surface area contributed by atoms with Gasteiger partial charge in [0.2, 0.25) is 0 Å². The Morgan fingerprint density at radius 1 is 1.20 bits per heavy atom. The monoisotopic (exact) mass is 270 g/mol. The second-order valence-electron chi connectivity index (χ2n) is 4.30. The Balaban J connectivity index is 2.87. The normalized spacial score (nSPS) is 15.3. The molecule has 2 heteroatoms. The van der Waals surface area contributed by atoms with Gasteiger partial charge < -0.3 is 5.11 Å². The van der Waals surface area contributed by atoms with Gasteiger partial charge in [0.15, 0.2) is 0 Å². The summed E-state index contributed by atoms with van der Waals surface area (Å²) in [5.74, 6) is 0.552. The third-order valence-electron chi connectivity index (χ3n) is 2.83. The van der Waals surface area contributed by atoms with Crippen molar-refractivity contribution in [1.82, 2.24) is 0 Å². The van der Waals surface area contributed by atoms with Crippen molar-refractivity contribution in [1.29, 1.82) is 0 Å². The molecule has 0 amide bonds. The number of aliphatic hydroxyl groups excluding tert-OH is 1. The fourth-order valence-electron chi connectivity index (χ4n) is 1.85. The Kier molecular flexibility index (Phi) is 4.81. The fraction of sp³-hybridized carbons (Fsp3) is 0.538. The molecule has 0 aromatic heterocycles. The first-order valence-electron chi connectivity index (χ1n) is 5.49. The van der Waals surface area contributed by atoms with Crippen LogP contribution in [0.5, 0.6) is 0 Å². The standard InChI is InChI=1S/C13H19BrO/c1-4-12(13(15)9(2)3)10-5-7-11(14)8-6-10/h5-9,12-13,15H,4H2,1-3H3. The van der Waals surface area contributed by atoms with Crippen LogP contribution in [0.3, 0.4) is 0 Å². The van der Waals surface area contributed by atoms with E-state index in [2.05, 4.69) is 48.8 Å². The molecule has 0 aliphatic carbocycles. The van der Waals surface area contributed by atoms with E-state index in [0.29, 0.717) is 5.92 Å². The maximum Gasteiger partial charge on any atom is 0.0631 e. The lowest BCUT2D eigenvalue weighted by Gasteiger charge is -2.25. The molecule has 1 aromatic rings. The summed E-state index contributed by atoms with van der Waals surface area (Å²) in [7, 11) is 0. The highest BCUT2D eigenvalue weighted by Gasteiger charge is 2.21. The Morgan fingerprint density at radius 3 is 2.13 bits per heavy atom. The zero-order valence-corrected chi connectivity index (χ0v) is 11.2. The summed E-state index contributed by atoms with van der Waals surface area (Å²) in [5, 5.41) is 10.1. The molecular weight excluding hydrogens is 252 g/mol. The molecule has 0 aliphatic heterocycles. The Labute approximate surface area is 101 Å². The van der Waals surface area contributed by atoms with Crippen LogP contribution in [-0.4, -0.2) is 11.2 Å². The summed E-state index contributed by atoms with van der Waals surface area (Å²) in [6, 6.07) is 8.24. The predicted molar refractivity (Wildman–Crippen MR) is 68.0 cm³/mol. The zero-order chi connectivity index (χ0) is 11.4. The molecule has 0 bridgehead atoms. The second kappa shape index (κ2) is 5.66. The number of benzene rings is 1. The van der Waals surface area contributed by atoms with Gasteiger partial charge in [0, 0.05) is 10.4 Å². The van der Waals surface area contributed by atoms with E-state index in [-0.39, 0.29) is 12.0 Å². The Hall–Kier alpha value is -0.340. The van der Waals surface area contributed by atoms with Crippen LogP contribution >= 0.6 is 15.9 Å². The van der Waals surface area contributed by atoms with Gasteiger partial charge in [-0.25, -0.2) is 0 Å². The minimum atomic E-state index is -0.254. The van der Waals surface area contributed by atoms with Gasteiger partial charge in [-0.1, -0.05) is 48.8 Å². The molecule has 0 heterocycles. The average Bonchev–Trinajstić information content (AvgIpc) is 2.21. The van der Waals surface area contributed by atoms with Crippen LogP contribution in [0, 0.1) is 5.92 Å². The van der Waals surface area contributed by atoms with Gasteiger partial charge >= 0.3 is 0 Å². The molecule has 1 N–H and O–H groups in total. The van der Waals surface area contributed by atoms with E-state index in [0.717, 1.165) is 10.9 Å². The first-order valence-corrected chi connectivity index (χ1v) is 6.29. The summed E-state index contributed by atoms with van der Waals surface area (Å²) in [4.78, 5) is 0. The highest BCUT2D eigenvalue weighted by molar-refractivity contribution is 9.10. The smallest absolute Gasteiger partial charge is 0.0631 e. The molecule has 2 atom stereocenters. The van der Waals surface area contributed by atoms with Crippen LogP contribution in [0.15, 0.2) is 28.7 Å². The van der Waals surface area contributed by atoms with Gasteiger partial charge in [-0.15, -0.1) is 0 Å². The van der Waals surface area contributed by atoms with Crippen molar-refractivity contribution in [3.8, 4) is 0 Å². The van der Waals surface area contributed by atoms with Gasteiger partial charge in [-0.05, 0) is 30.0 Å². The van der Waals surface area contributed by atoms with E-state index >= 15 is 0 Å². The van der Waals surface area contributed by atoms with Crippen LogP contribution in [0.25, 0.3) is 0 Å². The van der Waals surface area contributed by atoms with Crippen molar-refractivity contribution in [3.05, 3.63) is 34.3 Å². The Bertz CT molecular complexity index is 292. The summed E-state index contributed by atoms with van der Waals surface area (Å²) in [5.41, 5.74) is 1.22. The van der Waals surface area contributed by atoms with Crippen molar-refractivity contribution in [2.45, 2.75) is 39.2 Å². The zero-order valence-electron chi connectivity index (χ0n) is 9.57. The van der Waals surface area contributed by atoms with Crippen LogP contribution in [0.1, 0.15) is 38.7 Å². The maximum atomic E-state index is 10.1. The van der Waals surface area contributed by atoms with Gasteiger partial charge in [0.1, 0.15) is 0 Å². The van der Waals surface area contributed by atoms with Crippen LogP contribution in [0.2, 0.25) is 0 Å². The molecule has 0 spiro atoms. The Morgan fingerprint density at radius 2 is 1.73 bits per heavy atom. The molecular formula is C13H19BrO. The van der Waals surface area contributed by atoms with Crippen molar-refractivity contribution < 1.29 is 5.11 Å². The number of rotatable bonds is 4. The molecule has 0 fully saturated rings. The summed E-state index contributed by atoms with van der Waals surface area (Å²) >= 11 is 3.42. The number of halogens is 1. The largest absolute Gasteiger partial charge is 0.392 e. The van der Waals surface area contributed by atoms with E-state index in [4.69, 9.17) is 0 Å². The molecule has 84 valence electrons. The van der Waals surface area contributed by atoms with Crippen molar-refractivity contribution in [2.75, 3.05) is 0 Å². The first-order chi connectivity index (χ1) is 7.06. The molecule has 0 saturated heterocycles.